The Kier molecular flexibility index (Phi) is 5.68. The summed E-state index contributed by atoms with van der Waals surface area (Å²) < 4.78 is 41.8. The summed E-state index contributed by atoms with van der Waals surface area (Å²) in [5.74, 6) is 0.827. The summed E-state index contributed by atoms with van der Waals surface area (Å²) in [5.41, 5.74) is -0.536. The van der Waals surface area contributed by atoms with Crippen LogP contribution >= 0.6 is 0 Å². The Morgan fingerprint density at radius 3 is 2.60 bits per heavy atom. The molecule has 8 heteroatoms. The lowest BCUT2D eigenvalue weighted by Crippen LogP contribution is -2.53. The molecular weight excluding hydrogens is 333 g/mol. The van der Waals surface area contributed by atoms with Gasteiger partial charge in [0.05, 0.1) is 6.04 Å². The highest BCUT2D eigenvalue weighted by Crippen LogP contribution is 2.31. The number of urea groups is 1. The number of carbonyl (C=O) groups is 1. The van der Waals surface area contributed by atoms with Crippen LogP contribution in [-0.2, 0) is 6.54 Å². The molecule has 1 aliphatic heterocycles. The van der Waals surface area contributed by atoms with Gasteiger partial charge in [-0.3, -0.25) is 0 Å². The molecule has 0 aliphatic carbocycles. The van der Waals surface area contributed by atoms with E-state index in [0.717, 1.165) is 18.7 Å². The molecule has 0 spiro atoms. The Morgan fingerprint density at radius 2 is 2.08 bits per heavy atom. The molecular formula is C17H27F3N4O. The van der Waals surface area contributed by atoms with Crippen LogP contribution in [0.3, 0.4) is 0 Å². The molecule has 1 aromatic rings. The number of rotatable bonds is 4. The quantitative estimate of drug-likeness (QED) is 0.889. The summed E-state index contributed by atoms with van der Waals surface area (Å²) in [4.78, 5) is 18.2. The van der Waals surface area contributed by atoms with Gasteiger partial charge in [0.2, 0.25) is 0 Å². The zero-order chi connectivity index (χ0) is 18.8. The van der Waals surface area contributed by atoms with Crippen molar-refractivity contribution < 1.29 is 18.0 Å². The van der Waals surface area contributed by atoms with Crippen molar-refractivity contribution in [2.75, 3.05) is 6.54 Å². The van der Waals surface area contributed by atoms with Crippen LogP contribution in [0.25, 0.3) is 0 Å². The lowest BCUT2D eigenvalue weighted by molar-refractivity contribution is -0.159. The summed E-state index contributed by atoms with van der Waals surface area (Å²) in [7, 11) is 0. The highest BCUT2D eigenvalue weighted by molar-refractivity contribution is 5.75. The molecule has 25 heavy (non-hydrogen) atoms. The molecule has 142 valence electrons. The Bertz CT molecular complexity index is 591. The second kappa shape index (κ2) is 7.25. The molecule has 1 fully saturated rings. The fraction of sp³-hybridized carbons (Fsp3) is 0.765. The average Bonchev–Trinajstić information content (AvgIpc) is 3.06. The predicted molar refractivity (Wildman–Crippen MR) is 89.1 cm³/mol. The van der Waals surface area contributed by atoms with E-state index in [0.29, 0.717) is 13.1 Å². The van der Waals surface area contributed by atoms with Crippen LogP contribution in [0.4, 0.5) is 18.0 Å². The fourth-order valence-corrected chi connectivity index (χ4v) is 3.21. The smallest absolute Gasteiger partial charge is 0.333 e. The van der Waals surface area contributed by atoms with Crippen molar-refractivity contribution in [1.29, 1.82) is 0 Å². The number of hydrogen-bond donors (Lipinski definition) is 1. The van der Waals surface area contributed by atoms with Crippen molar-refractivity contribution in [3.8, 4) is 0 Å². The van der Waals surface area contributed by atoms with E-state index in [1.165, 1.54) is 4.90 Å². The molecule has 1 saturated heterocycles. The zero-order valence-electron chi connectivity index (χ0n) is 15.2. The maximum Gasteiger partial charge on any atom is 0.408 e. The van der Waals surface area contributed by atoms with Gasteiger partial charge in [-0.05, 0) is 31.6 Å². The van der Waals surface area contributed by atoms with Crippen LogP contribution in [0.5, 0.6) is 0 Å². The summed E-state index contributed by atoms with van der Waals surface area (Å²) in [6.45, 7) is 8.09. The topological polar surface area (TPSA) is 50.2 Å². The third-order valence-corrected chi connectivity index (χ3v) is 4.48. The highest BCUT2D eigenvalue weighted by Gasteiger charge is 2.44. The van der Waals surface area contributed by atoms with Gasteiger partial charge >= 0.3 is 12.2 Å². The number of halogens is 3. The molecule has 0 radical (unpaired) electrons. The number of imidazole rings is 1. The van der Waals surface area contributed by atoms with Gasteiger partial charge in [-0.2, -0.15) is 13.2 Å². The number of alkyl halides is 3. The molecule has 2 atom stereocenters. The Labute approximate surface area is 146 Å². The van der Waals surface area contributed by atoms with Crippen molar-refractivity contribution in [2.24, 2.45) is 5.41 Å². The minimum Gasteiger partial charge on any atom is -0.333 e. The summed E-state index contributed by atoms with van der Waals surface area (Å²) in [5, 5.41) is 2.22. The number of nitrogens with zero attached hydrogens (tertiary/aromatic N) is 3. The number of hydrogen-bond acceptors (Lipinski definition) is 2. The first-order valence-electron chi connectivity index (χ1n) is 8.59. The van der Waals surface area contributed by atoms with E-state index in [-0.39, 0.29) is 12.5 Å². The minimum absolute atomic E-state index is 0.114. The number of likely N-dealkylation sites (tertiary alicyclic amines) is 1. The van der Waals surface area contributed by atoms with Crippen LogP contribution in [-0.4, -0.2) is 45.3 Å². The number of amides is 2. The highest BCUT2D eigenvalue weighted by atomic mass is 19.4. The van der Waals surface area contributed by atoms with Crippen LogP contribution in [0.15, 0.2) is 12.4 Å². The first-order valence-corrected chi connectivity index (χ1v) is 8.59. The van der Waals surface area contributed by atoms with Gasteiger partial charge in [0, 0.05) is 25.5 Å². The Balaban J connectivity index is 2.05. The van der Waals surface area contributed by atoms with Crippen molar-refractivity contribution >= 4 is 6.03 Å². The Morgan fingerprint density at radius 1 is 1.40 bits per heavy atom. The SMILES string of the molecule is Cc1nccn1CC1CCCN1C(=O)NC(CC(C)(C)C)C(F)(F)F. The largest absolute Gasteiger partial charge is 0.408 e. The van der Waals surface area contributed by atoms with Crippen LogP contribution in [0.2, 0.25) is 0 Å². The summed E-state index contributed by atoms with van der Waals surface area (Å²) in [6, 6.07) is -2.58. The number of aromatic nitrogens is 2. The van der Waals surface area contributed by atoms with Crippen molar-refractivity contribution in [1.82, 2.24) is 19.8 Å². The number of nitrogens with one attached hydrogen (secondary N) is 1. The van der Waals surface area contributed by atoms with Gasteiger partial charge in [-0.25, -0.2) is 9.78 Å². The minimum atomic E-state index is -4.46. The second-order valence-electron chi connectivity index (χ2n) is 7.92. The van der Waals surface area contributed by atoms with Crippen molar-refractivity contribution in [3.63, 3.8) is 0 Å². The van der Waals surface area contributed by atoms with E-state index < -0.39 is 23.7 Å². The van der Waals surface area contributed by atoms with E-state index in [4.69, 9.17) is 0 Å². The van der Waals surface area contributed by atoms with Gasteiger partial charge in [0.1, 0.15) is 11.9 Å². The normalized spacial score (nSPS) is 20.0. The third-order valence-electron chi connectivity index (χ3n) is 4.48. The fourth-order valence-electron chi connectivity index (χ4n) is 3.21. The molecule has 1 aromatic heterocycles. The molecule has 2 amide bonds. The number of carbonyl (C=O) groups excluding carboxylic acids is 1. The van der Waals surface area contributed by atoms with Crippen molar-refractivity contribution in [3.05, 3.63) is 18.2 Å². The zero-order valence-corrected chi connectivity index (χ0v) is 15.2. The monoisotopic (exact) mass is 360 g/mol. The molecule has 5 nitrogen and oxygen atoms in total. The molecule has 2 heterocycles. The average molecular weight is 360 g/mol. The van der Waals surface area contributed by atoms with E-state index in [9.17, 15) is 18.0 Å². The molecule has 0 saturated carbocycles. The van der Waals surface area contributed by atoms with Gasteiger partial charge in [-0.15, -0.1) is 0 Å². The molecule has 0 bridgehead atoms. The number of aryl methyl sites for hydroxylation is 1. The molecule has 0 aromatic carbocycles. The second-order valence-corrected chi connectivity index (χ2v) is 7.92. The molecule has 1 N–H and O–H groups in total. The maximum atomic E-state index is 13.3. The standard InChI is InChI=1S/C17H27F3N4O/c1-12-21-7-9-23(12)11-13-6-5-8-24(13)15(25)22-14(17(18,19)20)10-16(2,3)4/h7,9,13-14H,5-6,8,10-11H2,1-4H3,(H,22,25). The lowest BCUT2D eigenvalue weighted by Gasteiger charge is -2.32. The summed E-state index contributed by atoms with van der Waals surface area (Å²) in [6.07, 6.45) is 0.461. The molecule has 2 rings (SSSR count). The van der Waals surface area contributed by atoms with Crippen LogP contribution in [0, 0.1) is 12.3 Å². The summed E-state index contributed by atoms with van der Waals surface area (Å²) >= 11 is 0. The van der Waals surface area contributed by atoms with Crippen LogP contribution in [0.1, 0.15) is 45.9 Å². The Hall–Kier alpha value is -1.73. The third kappa shape index (κ3) is 5.37. The van der Waals surface area contributed by atoms with Gasteiger partial charge in [0.15, 0.2) is 0 Å². The van der Waals surface area contributed by atoms with E-state index in [1.54, 1.807) is 27.0 Å². The molecule has 2 unspecified atom stereocenters. The van der Waals surface area contributed by atoms with Crippen LogP contribution < -0.4 is 5.32 Å². The van der Waals surface area contributed by atoms with Gasteiger partial charge in [0.25, 0.3) is 0 Å². The molecule has 1 aliphatic rings. The first-order chi connectivity index (χ1) is 11.5. The van der Waals surface area contributed by atoms with Gasteiger partial charge < -0.3 is 14.8 Å². The van der Waals surface area contributed by atoms with Gasteiger partial charge in [-0.1, -0.05) is 20.8 Å². The predicted octanol–water partition coefficient (Wildman–Crippen LogP) is 3.73. The maximum absolute atomic E-state index is 13.3. The van der Waals surface area contributed by atoms with Crippen molar-refractivity contribution in [2.45, 2.75) is 71.8 Å². The van der Waals surface area contributed by atoms with E-state index in [1.807, 2.05) is 17.7 Å². The lowest BCUT2D eigenvalue weighted by atomic mass is 9.88. The van der Waals surface area contributed by atoms with E-state index in [2.05, 4.69) is 10.3 Å². The van der Waals surface area contributed by atoms with E-state index >= 15 is 0 Å². The first kappa shape index (κ1) is 19.6.